The molecule has 0 saturated carbocycles. The average molecular weight is 560 g/mol. The van der Waals surface area contributed by atoms with Crippen LogP contribution in [0.25, 0.3) is 11.1 Å². The van der Waals surface area contributed by atoms with Crippen LogP contribution in [-0.4, -0.2) is 39.3 Å². The van der Waals surface area contributed by atoms with Crippen molar-refractivity contribution in [3.8, 4) is 28.4 Å². The van der Waals surface area contributed by atoms with Gasteiger partial charge in [-0.1, -0.05) is 18.7 Å². The summed E-state index contributed by atoms with van der Waals surface area (Å²) in [7, 11) is 2.92. The fourth-order valence-electron chi connectivity index (χ4n) is 5.80. The number of nitrogens with zero attached hydrogens (tertiary/aromatic N) is 1. The number of benzene rings is 3. The van der Waals surface area contributed by atoms with Crippen molar-refractivity contribution in [1.82, 2.24) is 0 Å². The molecule has 214 valence electrons. The van der Waals surface area contributed by atoms with Crippen molar-refractivity contribution in [3.05, 3.63) is 88.9 Å². The SMILES string of the molecule is C=CN=C(COc1cc(C)c(-c2ccc(F)c3c2CCC3Oc2ccc3c(c2)OCC3CC(=O)OC)c(C)c1)OC. The second-order valence-electron chi connectivity index (χ2n) is 10.3. The van der Waals surface area contributed by atoms with Crippen molar-refractivity contribution >= 4 is 11.9 Å². The molecule has 7 nitrogen and oxygen atoms in total. The fourth-order valence-corrected chi connectivity index (χ4v) is 5.80. The average Bonchev–Trinajstić information content (AvgIpc) is 3.56. The first-order chi connectivity index (χ1) is 19.8. The number of ether oxygens (including phenoxy) is 5. The molecule has 41 heavy (non-hydrogen) atoms. The number of halogens is 1. The molecule has 3 aromatic carbocycles. The third-order valence-corrected chi connectivity index (χ3v) is 7.68. The molecule has 1 heterocycles. The van der Waals surface area contributed by atoms with Crippen molar-refractivity contribution in [2.45, 2.75) is 45.1 Å². The third kappa shape index (κ3) is 5.78. The van der Waals surface area contributed by atoms with Crippen LogP contribution in [0.2, 0.25) is 0 Å². The number of fused-ring (bicyclic) bond motifs is 2. The number of methoxy groups -OCH3 is 2. The lowest BCUT2D eigenvalue weighted by atomic mass is 9.90. The van der Waals surface area contributed by atoms with Crippen LogP contribution < -0.4 is 14.2 Å². The molecular formula is C33H34FNO6. The minimum absolute atomic E-state index is 0.0516. The molecule has 2 unspecified atom stereocenters. The van der Waals surface area contributed by atoms with E-state index in [9.17, 15) is 4.79 Å². The highest BCUT2D eigenvalue weighted by atomic mass is 19.1. The van der Waals surface area contributed by atoms with E-state index in [-0.39, 0.29) is 30.7 Å². The molecular weight excluding hydrogens is 525 g/mol. The molecule has 0 spiro atoms. The van der Waals surface area contributed by atoms with Crippen LogP contribution in [0.4, 0.5) is 4.39 Å². The maximum atomic E-state index is 15.3. The highest BCUT2D eigenvalue weighted by molar-refractivity contribution is 5.79. The van der Waals surface area contributed by atoms with Crippen molar-refractivity contribution in [2.24, 2.45) is 4.99 Å². The summed E-state index contributed by atoms with van der Waals surface area (Å²) in [5, 5.41) is 0. The fraction of sp³-hybridized carbons (Fsp3) is 0.333. The Balaban J connectivity index is 1.38. The third-order valence-electron chi connectivity index (χ3n) is 7.68. The molecule has 0 aromatic heterocycles. The van der Waals surface area contributed by atoms with Crippen LogP contribution >= 0.6 is 0 Å². The summed E-state index contributed by atoms with van der Waals surface area (Å²) in [4.78, 5) is 15.8. The summed E-state index contributed by atoms with van der Waals surface area (Å²) < 4.78 is 43.4. The second kappa shape index (κ2) is 12.0. The molecule has 0 bridgehead atoms. The van der Waals surface area contributed by atoms with Gasteiger partial charge < -0.3 is 23.7 Å². The number of hydrogen-bond acceptors (Lipinski definition) is 7. The van der Waals surface area contributed by atoms with Crippen molar-refractivity contribution in [2.75, 3.05) is 27.4 Å². The van der Waals surface area contributed by atoms with Crippen molar-refractivity contribution in [1.29, 1.82) is 0 Å². The standard InChI is InChI=1S/C33H34FNO6/c1-6-35-30(37-4)18-39-23-13-19(2)32(20(3)14-23)25-9-11-27(34)33-26(25)10-12-28(33)41-22-7-8-24-21(15-31(36)38-5)17-40-29(24)16-22/h6-9,11,13-14,16,21,28H,1,10,12,15,17-18H2,2-5H3. The zero-order valence-electron chi connectivity index (χ0n) is 23.8. The molecule has 0 fully saturated rings. The van der Waals surface area contributed by atoms with E-state index in [1.54, 1.807) is 7.11 Å². The number of aliphatic imine (C=N–C) groups is 1. The van der Waals surface area contributed by atoms with E-state index < -0.39 is 6.10 Å². The summed E-state index contributed by atoms with van der Waals surface area (Å²) in [6.45, 7) is 8.25. The lowest BCUT2D eigenvalue weighted by Crippen LogP contribution is -2.13. The highest BCUT2D eigenvalue weighted by Crippen LogP contribution is 2.45. The van der Waals surface area contributed by atoms with E-state index >= 15 is 4.39 Å². The summed E-state index contributed by atoms with van der Waals surface area (Å²) in [5.74, 6) is 1.82. The van der Waals surface area contributed by atoms with Gasteiger partial charge in [-0.3, -0.25) is 4.79 Å². The zero-order chi connectivity index (χ0) is 29.1. The predicted octanol–water partition coefficient (Wildman–Crippen LogP) is 6.78. The Morgan fingerprint density at radius 1 is 1.10 bits per heavy atom. The topological polar surface area (TPSA) is 75.6 Å². The molecule has 3 aromatic rings. The van der Waals surface area contributed by atoms with Gasteiger partial charge in [0.2, 0.25) is 5.90 Å². The minimum atomic E-state index is -0.421. The van der Waals surface area contributed by atoms with E-state index in [1.165, 1.54) is 19.4 Å². The van der Waals surface area contributed by atoms with Gasteiger partial charge in [0.1, 0.15) is 29.2 Å². The minimum Gasteiger partial charge on any atom is -0.492 e. The highest BCUT2D eigenvalue weighted by Gasteiger charge is 2.32. The van der Waals surface area contributed by atoms with Crippen LogP contribution in [0.3, 0.4) is 0 Å². The molecule has 5 rings (SSSR count). The number of carbonyl (C=O) groups is 1. The second-order valence-corrected chi connectivity index (χ2v) is 10.3. The Hall–Kier alpha value is -4.33. The van der Waals surface area contributed by atoms with E-state index in [1.807, 2.05) is 50.2 Å². The van der Waals surface area contributed by atoms with Gasteiger partial charge in [0.15, 0.2) is 6.61 Å². The molecule has 1 aliphatic carbocycles. The maximum absolute atomic E-state index is 15.3. The summed E-state index contributed by atoms with van der Waals surface area (Å²) >= 11 is 0. The van der Waals surface area contributed by atoms with Gasteiger partial charge in [-0.15, -0.1) is 0 Å². The Bertz CT molecular complexity index is 1490. The van der Waals surface area contributed by atoms with Crippen LogP contribution in [-0.2, 0) is 20.7 Å². The monoisotopic (exact) mass is 559 g/mol. The first-order valence-corrected chi connectivity index (χ1v) is 13.6. The molecule has 2 aliphatic rings. The van der Waals surface area contributed by atoms with Gasteiger partial charge in [0.05, 0.1) is 27.2 Å². The van der Waals surface area contributed by atoms with Gasteiger partial charge in [-0.25, -0.2) is 9.38 Å². The summed E-state index contributed by atoms with van der Waals surface area (Å²) in [5.41, 5.74) is 6.62. The van der Waals surface area contributed by atoms with Gasteiger partial charge in [0.25, 0.3) is 0 Å². The molecule has 0 amide bonds. The number of carbonyl (C=O) groups excluding carboxylic acids is 1. The van der Waals surface area contributed by atoms with E-state index in [2.05, 4.69) is 11.6 Å². The Morgan fingerprint density at radius 2 is 1.88 bits per heavy atom. The summed E-state index contributed by atoms with van der Waals surface area (Å²) in [6.07, 6.45) is 2.61. The Labute approximate surface area is 239 Å². The lowest BCUT2D eigenvalue weighted by molar-refractivity contribution is -0.141. The Kier molecular flexibility index (Phi) is 8.28. The van der Waals surface area contributed by atoms with E-state index in [0.29, 0.717) is 48.2 Å². The quantitative estimate of drug-likeness (QED) is 0.163. The molecule has 0 radical (unpaired) electrons. The molecule has 8 heteroatoms. The first-order valence-electron chi connectivity index (χ1n) is 13.6. The molecule has 0 N–H and O–H groups in total. The van der Waals surface area contributed by atoms with Crippen molar-refractivity contribution < 1.29 is 32.9 Å². The maximum Gasteiger partial charge on any atom is 0.306 e. The molecule has 2 atom stereocenters. The van der Waals surface area contributed by atoms with Gasteiger partial charge >= 0.3 is 5.97 Å². The normalized spacial score (nSPS) is 17.3. The molecule has 1 aliphatic heterocycles. The van der Waals surface area contributed by atoms with Gasteiger partial charge in [-0.05, 0) is 78.8 Å². The number of hydrogen-bond donors (Lipinski definition) is 0. The van der Waals surface area contributed by atoms with Crippen LogP contribution in [0.15, 0.2) is 60.2 Å². The van der Waals surface area contributed by atoms with Crippen LogP contribution in [0.1, 0.15) is 52.7 Å². The van der Waals surface area contributed by atoms with Crippen molar-refractivity contribution in [3.63, 3.8) is 0 Å². The van der Waals surface area contributed by atoms with Gasteiger partial charge in [0, 0.05) is 29.3 Å². The van der Waals surface area contributed by atoms with Gasteiger partial charge in [-0.2, -0.15) is 0 Å². The summed E-state index contributed by atoms with van der Waals surface area (Å²) in [6, 6.07) is 12.9. The Morgan fingerprint density at radius 3 is 2.59 bits per heavy atom. The lowest BCUT2D eigenvalue weighted by Gasteiger charge is -2.19. The number of rotatable bonds is 9. The van der Waals surface area contributed by atoms with E-state index in [0.717, 1.165) is 33.4 Å². The smallest absolute Gasteiger partial charge is 0.306 e. The first kappa shape index (κ1) is 28.2. The van der Waals surface area contributed by atoms with Crippen LogP contribution in [0, 0.1) is 19.7 Å². The largest absolute Gasteiger partial charge is 0.492 e. The molecule has 0 saturated heterocycles. The zero-order valence-corrected chi connectivity index (χ0v) is 23.8. The van der Waals surface area contributed by atoms with E-state index in [4.69, 9.17) is 23.7 Å². The number of esters is 1. The predicted molar refractivity (Wildman–Crippen MR) is 154 cm³/mol. The van der Waals surface area contributed by atoms with Crippen LogP contribution in [0.5, 0.6) is 17.2 Å². The number of aryl methyl sites for hydroxylation is 2.